The Kier molecular flexibility index (Phi) is 7.38. The van der Waals surface area contributed by atoms with E-state index in [4.69, 9.17) is 0 Å². The fourth-order valence-electron chi connectivity index (χ4n) is 1.29. The minimum absolute atomic E-state index is 0.347. The van der Waals surface area contributed by atoms with E-state index in [0.29, 0.717) is 7.92 Å². The summed E-state index contributed by atoms with van der Waals surface area (Å²) in [4.78, 5) is 0. The standard InChI is InChI=1S/C10H23P/c1-5-7-8-10(3)11(4)9-6-2/h10H,5-9H2,1-4H3/t10?,11-/m1/s1. The zero-order valence-electron chi connectivity index (χ0n) is 8.56. The molecular formula is C10H23P. The Balaban J connectivity index is 3.38. The van der Waals surface area contributed by atoms with Crippen molar-refractivity contribution in [1.29, 1.82) is 0 Å². The molecule has 1 unspecified atom stereocenters. The zero-order chi connectivity index (χ0) is 8.69. The molecular weight excluding hydrogens is 151 g/mol. The summed E-state index contributed by atoms with van der Waals surface area (Å²) < 4.78 is 0. The van der Waals surface area contributed by atoms with E-state index in [0.717, 1.165) is 5.66 Å². The summed E-state index contributed by atoms with van der Waals surface area (Å²) in [5.41, 5.74) is 1.00. The van der Waals surface area contributed by atoms with Gasteiger partial charge in [-0.3, -0.25) is 0 Å². The lowest BCUT2D eigenvalue weighted by atomic mass is 10.2. The number of hydrogen-bond donors (Lipinski definition) is 0. The van der Waals surface area contributed by atoms with Gasteiger partial charge in [0.25, 0.3) is 0 Å². The van der Waals surface area contributed by atoms with Crippen molar-refractivity contribution in [1.82, 2.24) is 0 Å². The van der Waals surface area contributed by atoms with Crippen LogP contribution in [0.4, 0.5) is 0 Å². The average Bonchev–Trinajstić information content (AvgIpc) is 2.00. The first-order chi connectivity index (χ1) is 5.22. The van der Waals surface area contributed by atoms with E-state index in [-0.39, 0.29) is 0 Å². The first kappa shape index (κ1) is 11.4. The molecule has 68 valence electrons. The number of rotatable bonds is 6. The van der Waals surface area contributed by atoms with Crippen molar-refractivity contribution < 1.29 is 0 Å². The van der Waals surface area contributed by atoms with Gasteiger partial charge in [-0.15, -0.1) is 7.92 Å². The summed E-state index contributed by atoms with van der Waals surface area (Å²) in [5, 5.41) is 0. The van der Waals surface area contributed by atoms with Crippen LogP contribution in [0.1, 0.15) is 46.5 Å². The van der Waals surface area contributed by atoms with E-state index in [2.05, 4.69) is 27.4 Å². The monoisotopic (exact) mass is 174 g/mol. The molecule has 0 fully saturated rings. The van der Waals surface area contributed by atoms with Gasteiger partial charge in [0.15, 0.2) is 0 Å². The van der Waals surface area contributed by atoms with E-state index in [9.17, 15) is 0 Å². The van der Waals surface area contributed by atoms with E-state index < -0.39 is 0 Å². The molecule has 0 heterocycles. The molecule has 1 heteroatoms. The second kappa shape index (κ2) is 7.10. The Labute approximate surface area is 73.5 Å². The lowest BCUT2D eigenvalue weighted by molar-refractivity contribution is 0.706. The summed E-state index contributed by atoms with van der Waals surface area (Å²) in [6, 6.07) is 0. The molecule has 0 radical (unpaired) electrons. The molecule has 0 amide bonds. The van der Waals surface area contributed by atoms with Gasteiger partial charge < -0.3 is 0 Å². The molecule has 0 spiro atoms. The maximum atomic E-state index is 2.46. The van der Waals surface area contributed by atoms with Gasteiger partial charge >= 0.3 is 0 Å². The normalized spacial score (nSPS) is 16.4. The molecule has 0 aromatic heterocycles. The molecule has 0 saturated heterocycles. The van der Waals surface area contributed by atoms with Gasteiger partial charge in [-0.2, -0.15) is 0 Å². The van der Waals surface area contributed by atoms with Crippen LogP contribution in [0.2, 0.25) is 0 Å². The van der Waals surface area contributed by atoms with Crippen molar-refractivity contribution in [2.75, 3.05) is 12.8 Å². The van der Waals surface area contributed by atoms with Gasteiger partial charge in [-0.1, -0.05) is 40.0 Å². The van der Waals surface area contributed by atoms with E-state index in [1.807, 2.05) is 0 Å². The first-order valence-corrected chi connectivity index (χ1v) is 6.96. The van der Waals surface area contributed by atoms with Crippen molar-refractivity contribution in [3.05, 3.63) is 0 Å². The number of hydrogen-bond acceptors (Lipinski definition) is 0. The van der Waals surface area contributed by atoms with Crippen LogP contribution < -0.4 is 0 Å². The SMILES string of the molecule is CCCCC(C)[P@](C)CCC. The van der Waals surface area contributed by atoms with E-state index >= 15 is 0 Å². The Hall–Kier alpha value is 0.430. The molecule has 0 aromatic rings. The Morgan fingerprint density at radius 3 is 2.27 bits per heavy atom. The van der Waals surface area contributed by atoms with Gasteiger partial charge in [-0.05, 0) is 24.9 Å². The third-order valence-electron chi connectivity index (χ3n) is 2.30. The van der Waals surface area contributed by atoms with Gasteiger partial charge in [-0.25, -0.2) is 0 Å². The highest BCUT2D eigenvalue weighted by Gasteiger charge is 2.08. The maximum Gasteiger partial charge on any atom is -0.0240 e. The molecule has 0 aliphatic rings. The molecule has 0 aliphatic heterocycles. The van der Waals surface area contributed by atoms with Gasteiger partial charge in [0.1, 0.15) is 0 Å². The quantitative estimate of drug-likeness (QED) is 0.532. The third-order valence-corrected chi connectivity index (χ3v) is 5.22. The molecule has 0 aromatic carbocycles. The van der Waals surface area contributed by atoms with Crippen molar-refractivity contribution in [3.63, 3.8) is 0 Å². The summed E-state index contributed by atoms with van der Waals surface area (Å²) in [6.07, 6.45) is 7.09. The molecule has 0 N–H and O–H groups in total. The molecule has 2 atom stereocenters. The van der Waals surface area contributed by atoms with Crippen LogP contribution in [-0.4, -0.2) is 18.5 Å². The zero-order valence-corrected chi connectivity index (χ0v) is 9.45. The van der Waals surface area contributed by atoms with Crippen LogP contribution in [0.25, 0.3) is 0 Å². The van der Waals surface area contributed by atoms with Crippen LogP contribution in [0.5, 0.6) is 0 Å². The molecule has 0 saturated carbocycles. The maximum absolute atomic E-state index is 2.46. The minimum Gasteiger partial charge on any atom is -0.107 e. The van der Waals surface area contributed by atoms with E-state index in [1.165, 1.54) is 31.8 Å². The van der Waals surface area contributed by atoms with Crippen LogP contribution in [0.15, 0.2) is 0 Å². The highest BCUT2D eigenvalue weighted by atomic mass is 31.1. The Morgan fingerprint density at radius 1 is 1.18 bits per heavy atom. The van der Waals surface area contributed by atoms with Crippen LogP contribution >= 0.6 is 7.92 Å². The lowest BCUT2D eigenvalue weighted by Gasteiger charge is -2.19. The summed E-state index contributed by atoms with van der Waals surface area (Å²) in [7, 11) is 0.347. The average molecular weight is 174 g/mol. The minimum atomic E-state index is 0.347. The fourth-order valence-corrected chi connectivity index (χ4v) is 3.06. The summed E-state index contributed by atoms with van der Waals surface area (Å²) in [6.45, 7) is 9.46. The van der Waals surface area contributed by atoms with Crippen molar-refractivity contribution in [2.24, 2.45) is 0 Å². The van der Waals surface area contributed by atoms with Crippen LogP contribution in [-0.2, 0) is 0 Å². The molecule has 0 rings (SSSR count). The summed E-state index contributed by atoms with van der Waals surface area (Å²) in [5.74, 6) is 0. The third kappa shape index (κ3) is 5.67. The smallest absolute Gasteiger partial charge is 0.0240 e. The van der Waals surface area contributed by atoms with Crippen molar-refractivity contribution in [2.45, 2.75) is 52.1 Å². The topological polar surface area (TPSA) is 0 Å². The number of unbranched alkanes of at least 4 members (excludes halogenated alkanes) is 1. The molecule has 0 nitrogen and oxygen atoms in total. The van der Waals surface area contributed by atoms with Gasteiger partial charge in [0, 0.05) is 0 Å². The lowest BCUT2D eigenvalue weighted by Crippen LogP contribution is -2.01. The predicted octanol–water partition coefficient (Wildman–Crippen LogP) is 4.09. The highest BCUT2D eigenvalue weighted by molar-refractivity contribution is 7.57. The fraction of sp³-hybridized carbons (Fsp3) is 1.00. The highest BCUT2D eigenvalue weighted by Crippen LogP contribution is 2.39. The molecule has 11 heavy (non-hydrogen) atoms. The van der Waals surface area contributed by atoms with Crippen molar-refractivity contribution >= 4 is 7.92 Å². The molecule has 0 aliphatic carbocycles. The molecule has 0 bridgehead atoms. The van der Waals surface area contributed by atoms with Crippen molar-refractivity contribution in [3.8, 4) is 0 Å². The Morgan fingerprint density at radius 2 is 1.82 bits per heavy atom. The summed E-state index contributed by atoms with van der Waals surface area (Å²) >= 11 is 0. The largest absolute Gasteiger partial charge is 0.107 e. The van der Waals surface area contributed by atoms with Crippen LogP contribution in [0.3, 0.4) is 0 Å². The van der Waals surface area contributed by atoms with E-state index in [1.54, 1.807) is 0 Å². The van der Waals surface area contributed by atoms with Crippen LogP contribution in [0, 0.1) is 0 Å². The predicted molar refractivity (Wildman–Crippen MR) is 57.0 cm³/mol. The second-order valence-electron chi connectivity index (χ2n) is 3.47. The van der Waals surface area contributed by atoms with Gasteiger partial charge in [0.05, 0.1) is 0 Å². The second-order valence-corrected chi connectivity index (χ2v) is 6.31. The Bertz CT molecular complexity index is 80.9. The first-order valence-electron chi connectivity index (χ1n) is 4.92. The van der Waals surface area contributed by atoms with Gasteiger partial charge in [0.2, 0.25) is 0 Å².